The van der Waals surface area contributed by atoms with Gasteiger partial charge in [0.25, 0.3) is 0 Å². The van der Waals surface area contributed by atoms with Crippen molar-refractivity contribution in [2.45, 2.75) is 10.1 Å². The summed E-state index contributed by atoms with van der Waals surface area (Å²) in [6, 6.07) is 24.2. The van der Waals surface area contributed by atoms with E-state index in [-0.39, 0.29) is 0 Å². The lowest BCUT2D eigenvalue weighted by Gasteiger charge is -2.04. The second-order valence-electron chi connectivity index (χ2n) is 5.80. The first-order valence-electron chi connectivity index (χ1n) is 8.17. The molecule has 0 saturated carbocycles. The Balaban J connectivity index is 1.55. The molecular weight excluding hydrogens is 342 g/mol. The van der Waals surface area contributed by atoms with Crippen molar-refractivity contribution in [1.82, 2.24) is 24.8 Å². The van der Waals surface area contributed by atoms with Gasteiger partial charge in [-0.05, 0) is 48.2 Å². The Morgan fingerprint density at radius 1 is 0.808 bits per heavy atom. The molecule has 0 saturated heterocycles. The molecule has 0 amide bonds. The summed E-state index contributed by atoms with van der Waals surface area (Å²) in [4.78, 5) is 5.44. The van der Waals surface area contributed by atoms with E-state index in [2.05, 4.69) is 27.3 Å². The highest BCUT2D eigenvalue weighted by molar-refractivity contribution is 7.99. The first-order chi connectivity index (χ1) is 12.9. The Bertz CT molecular complexity index is 1220. The van der Waals surface area contributed by atoms with Crippen molar-refractivity contribution in [2.75, 3.05) is 0 Å². The van der Waals surface area contributed by atoms with Crippen molar-refractivity contribution in [3.8, 4) is 11.3 Å². The summed E-state index contributed by atoms with van der Waals surface area (Å²) in [5, 5.41) is 15.1. The summed E-state index contributed by atoms with van der Waals surface area (Å²) in [5.74, 6) is 0. The molecule has 0 bridgehead atoms. The van der Waals surface area contributed by atoms with Crippen LogP contribution >= 0.6 is 11.8 Å². The molecule has 0 aliphatic rings. The molecule has 5 aromatic rings. The fourth-order valence-corrected chi connectivity index (χ4v) is 3.65. The van der Waals surface area contributed by atoms with Gasteiger partial charge in [0, 0.05) is 22.0 Å². The zero-order valence-corrected chi connectivity index (χ0v) is 14.5. The topological polar surface area (TPSA) is 56.0 Å². The van der Waals surface area contributed by atoms with E-state index in [1.165, 1.54) is 0 Å². The smallest absolute Gasteiger partial charge is 0.217 e. The molecule has 0 unspecified atom stereocenters. The van der Waals surface area contributed by atoms with Crippen LogP contribution in [0.5, 0.6) is 0 Å². The van der Waals surface area contributed by atoms with Gasteiger partial charge in [-0.25, -0.2) is 0 Å². The average molecular weight is 355 g/mol. The van der Waals surface area contributed by atoms with Gasteiger partial charge in [0.15, 0.2) is 5.65 Å². The van der Waals surface area contributed by atoms with Gasteiger partial charge in [-0.2, -0.15) is 9.61 Å². The predicted octanol–water partition coefficient (Wildman–Crippen LogP) is 4.49. The van der Waals surface area contributed by atoms with Gasteiger partial charge in [0.2, 0.25) is 5.16 Å². The Hall–Kier alpha value is -3.25. The fourth-order valence-electron chi connectivity index (χ4n) is 2.82. The van der Waals surface area contributed by atoms with Crippen LogP contribution in [0.15, 0.2) is 89.0 Å². The molecule has 0 atom stereocenters. The quantitative estimate of drug-likeness (QED) is 0.477. The van der Waals surface area contributed by atoms with Crippen LogP contribution in [-0.4, -0.2) is 24.8 Å². The van der Waals surface area contributed by atoms with E-state index in [0.717, 1.165) is 37.9 Å². The third-order valence-electron chi connectivity index (χ3n) is 4.09. The summed E-state index contributed by atoms with van der Waals surface area (Å²) in [5.41, 5.74) is 3.67. The van der Waals surface area contributed by atoms with Crippen molar-refractivity contribution in [2.24, 2.45) is 0 Å². The van der Waals surface area contributed by atoms with Gasteiger partial charge < -0.3 is 0 Å². The maximum Gasteiger partial charge on any atom is 0.217 e. The first-order valence-corrected chi connectivity index (χ1v) is 8.99. The monoisotopic (exact) mass is 355 g/mol. The number of hydrogen-bond donors (Lipinski definition) is 0. The molecular formula is C20H13N5S. The summed E-state index contributed by atoms with van der Waals surface area (Å²) in [6.45, 7) is 0. The zero-order valence-electron chi connectivity index (χ0n) is 13.6. The molecule has 0 aliphatic heterocycles. The average Bonchev–Trinajstić information content (AvgIpc) is 3.10. The van der Waals surface area contributed by atoms with E-state index in [1.807, 2.05) is 60.7 Å². The molecule has 0 aliphatic carbocycles. The van der Waals surface area contributed by atoms with E-state index >= 15 is 0 Å². The van der Waals surface area contributed by atoms with Gasteiger partial charge in [-0.3, -0.25) is 4.98 Å². The maximum absolute atomic E-state index is 4.72. The van der Waals surface area contributed by atoms with Crippen LogP contribution in [0.2, 0.25) is 0 Å². The third-order valence-corrected chi connectivity index (χ3v) is 5.01. The Labute approximate surface area is 153 Å². The molecule has 0 N–H and O–H groups in total. The maximum atomic E-state index is 4.72. The van der Waals surface area contributed by atoms with Crippen LogP contribution in [0, 0.1) is 0 Å². The first kappa shape index (κ1) is 15.0. The van der Waals surface area contributed by atoms with Crippen molar-refractivity contribution >= 4 is 28.3 Å². The number of pyridine rings is 1. The molecule has 0 radical (unpaired) electrons. The molecule has 6 heteroatoms. The number of fused-ring (bicyclic) bond motifs is 2. The van der Waals surface area contributed by atoms with Crippen LogP contribution in [0.1, 0.15) is 0 Å². The van der Waals surface area contributed by atoms with Crippen molar-refractivity contribution in [1.29, 1.82) is 0 Å². The van der Waals surface area contributed by atoms with Gasteiger partial charge >= 0.3 is 0 Å². The van der Waals surface area contributed by atoms with Crippen LogP contribution in [0.25, 0.3) is 27.8 Å². The predicted molar refractivity (Wildman–Crippen MR) is 102 cm³/mol. The molecule has 0 fully saturated rings. The SMILES string of the molecule is c1ccc(-c2ccc3nnc(Sc4ccc5ncccc5c4)n3n2)cc1. The lowest BCUT2D eigenvalue weighted by Crippen LogP contribution is -1.96. The third kappa shape index (κ3) is 2.70. The van der Waals surface area contributed by atoms with Crippen LogP contribution < -0.4 is 0 Å². The van der Waals surface area contributed by atoms with Gasteiger partial charge in [-0.1, -0.05) is 36.4 Å². The minimum absolute atomic E-state index is 0.731. The second kappa shape index (κ2) is 6.24. The van der Waals surface area contributed by atoms with E-state index in [9.17, 15) is 0 Å². The van der Waals surface area contributed by atoms with Gasteiger partial charge in [-0.15, -0.1) is 10.2 Å². The molecule has 5 rings (SSSR count). The minimum Gasteiger partial charge on any atom is -0.256 e. The number of aromatic nitrogens is 5. The van der Waals surface area contributed by atoms with Crippen molar-refractivity contribution < 1.29 is 0 Å². The highest BCUT2D eigenvalue weighted by atomic mass is 32.2. The van der Waals surface area contributed by atoms with Gasteiger partial charge in [0.1, 0.15) is 0 Å². The normalized spacial score (nSPS) is 11.2. The molecule has 26 heavy (non-hydrogen) atoms. The van der Waals surface area contributed by atoms with Crippen LogP contribution in [0.4, 0.5) is 0 Å². The van der Waals surface area contributed by atoms with E-state index in [0.29, 0.717) is 0 Å². The summed E-state index contributed by atoms with van der Waals surface area (Å²) >= 11 is 1.54. The van der Waals surface area contributed by atoms with Crippen molar-refractivity contribution in [3.63, 3.8) is 0 Å². The lowest BCUT2D eigenvalue weighted by molar-refractivity contribution is 0.813. The van der Waals surface area contributed by atoms with Crippen LogP contribution in [-0.2, 0) is 0 Å². The summed E-state index contributed by atoms with van der Waals surface area (Å²) < 4.78 is 1.79. The zero-order chi connectivity index (χ0) is 17.3. The largest absolute Gasteiger partial charge is 0.256 e. The summed E-state index contributed by atoms with van der Waals surface area (Å²) in [7, 11) is 0. The minimum atomic E-state index is 0.731. The van der Waals surface area contributed by atoms with Crippen molar-refractivity contribution in [3.05, 3.63) is 79.0 Å². The van der Waals surface area contributed by atoms with E-state index in [1.54, 1.807) is 22.5 Å². The van der Waals surface area contributed by atoms with Crippen LogP contribution in [0.3, 0.4) is 0 Å². The molecule has 2 aromatic carbocycles. The molecule has 5 nitrogen and oxygen atoms in total. The Kier molecular flexibility index (Phi) is 3.61. The standard InChI is InChI=1S/C20H13N5S/c1-2-5-14(6-3-1)18-10-11-19-22-23-20(25(19)24-18)26-16-8-9-17-15(13-16)7-4-12-21-17/h1-13H. The number of hydrogen-bond acceptors (Lipinski definition) is 5. The molecule has 124 valence electrons. The number of nitrogens with zero attached hydrogens (tertiary/aromatic N) is 5. The molecule has 3 heterocycles. The van der Waals surface area contributed by atoms with E-state index in [4.69, 9.17) is 5.10 Å². The lowest BCUT2D eigenvalue weighted by atomic mass is 10.1. The Morgan fingerprint density at radius 3 is 2.65 bits per heavy atom. The Morgan fingerprint density at radius 2 is 1.73 bits per heavy atom. The number of benzene rings is 2. The fraction of sp³-hybridized carbons (Fsp3) is 0. The molecule has 0 spiro atoms. The highest BCUT2D eigenvalue weighted by Crippen LogP contribution is 2.29. The number of rotatable bonds is 3. The van der Waals surface area contributed by atoms with E-state index < -0.39 is 0 Å². The summed E-state index contributed by atoms with van der Waals surface area (Å²) in [6.07, 6.45) is 1.80. The molecule has 3 aromatic heterocycles. The van der Waals surface area contributed by atoms with Gasteiger partial charge in [0.05, 0.1) is 11.2 Å². The second-order valence-corrected chi connectivity index (χ2v) is 6.84. The highest BCUT2D eigenvalue weighted by Gasteiger charge is 2.10.